The molecule has 0 aliphatic rings. The molecule has 0 fully saturated rings. The third-order valence-electron chi connectivity index (χ3n) is 2.13. The van der Waals surface area contributed by atoms with Crippen molar-refractivity contribution in [3.63, 3.8) is 0 Å². The summed E-state index contributed by atoms with van der Waals surface area (Å²) in [6.45, 7) is -0.0320. The summed E-state index contributed by atoms with van der Waals surface area (Å²) < 4.78 is 13.6. The third kappa shape index (κ3) is 2.40. The Labute approximate surface area is 101 Å². The van der Waals surface area contributed by atoms with Gasteiger partial charge >= 0.3 is 0 Å². The Morgan fingerprint density at radius 3 is 2.94 bits per heavy atom. The van der Waals surface area contributed by atoms with Crippen LogP contribution in [0.3, 0.4) is 0 Å². The number of hydrogen-bond donors (Lipinski definition) is 1. The van der Waals surface area contributed by atoms with E-state index in [9.17, 15) is 4.39 Å². The summed E-state index contributed by atoms with van der Waals surface area (Å²) in [5.41, 5.74) is 0.520. The van der Waals surface area contributed by atoms with Gasteiger partial charge in [-0.15, -0.1) is 11.3 Å². The first-order valence-electron chi connectivity index (χ1n) is 4.68. The number of halogens is 2. The SMILES string of the molecule is OCc1cnc(Cc2cccc(Cl)c2F)s1. The first kappa shape index (κ1) is 11.5. The minimum absolute atomic E-state index is 0.0320. The summed E-state index contributed by atoms with van der Waals surface area (Å²) in [4.78, 5) is 4.88. The minimum atomic E-state index is -0.398. The van der Waals surface area contributed by atoms with Crippen molar-refractivity contribution >= 4 is 22.9 Å². The van der Waals surface area contributed by atoms with E-state index in [4.69, 9.17) is 16.7 Å². The van der Waals surface area contributed by atoms with Gasteiger partial charge in [-0.25, -0.2) is 9.37 Å². The highest BCUT2D eigenvalue weighted by Crippen LogP contribution is 2.22. The van der Waals surface area contributed by atoms with Crippen LogP contribution in [0.4, 0.5) is 4.39 Å². The number of aromatic nitrogens is 1. The molecule has 1 aromatic heterocycles. The molecule has 1 N–H and O–H groups in total. The monoisotopic (exact) mass is 257 g/mol. The second-order valence-electron chi connectivity index (χ2n) is 3.27. The van der Waals surface area contributed by atoms with Crippen LogP contribution in [0.5, 0.6) is 0 Å². The number of aliphatic hydroxyl groups excluding tert-OH is 1. The maximum absolute atomic E-state index is 13.6. The van der Waals surface area contributed by atoms with Gasteiger partial charge in [-0.05, 0) is 11.6 Å². The van der Waals surface area contributed by atoms with Gasteiger partial charge in [0, 0.05) is 12.6 Å². The second kappa shape index (κ2) is 4.91. The van der Waals surface area contributed by atoms with E-state index in [1.54, 1.807) is 18.3 Å². The van der Waals surface area contributed by atoms with Gasteiger partial charge in [0.15, 0.2) is 0 Å². The summed E-state index contributed by atoms with van der Waals surface area (Å²) in [6.07, 6.45) is 2.00. The van der Waals surface area contributed by atoms with Crippen LogP contribution in [0, 0.1) is 5.82 Å². The van der Waals surface area contributed by atoms with Crippen LogP contribution in [-0.2, 0) is 13.0 Å². The maximum atomic E-state index is 13.6. The molecule has 0 amide bonds. The number of rotatable bonds is 3. The smallest absolute Gasteiger partial charge is 0.145 e. The van der Waals surface area contributed by atoms with Crippen LogP contribution in [0.2, 0.25) is 5.02 Å². The highest BCUT2D eigenvalue weighted by Gasteiger charge is 2.09. The lowest BCUT2D eigenvalue weighted by Crippen LogP contribution is -1.92. The van der Waals surface area contributed by atoms with Crippen LogP contribution >= 0.6 is 22.9 Å². The molecular formula is C11H9ClFNOS. The number of aliphatic hydroxyl groups is 1. The molecule has 0 radical (unpaired) electrons. The Kier molecular flexibility index (Phi) is 3.53. The van der Waals surface area contributed by atoms with E-state index in [-0.39, 0.29) is 11.6 Å². The fourth-order valence-corrected chi connectivity index (χ4v) is 2.35. The number of thiazole rings is 1. The van der Waals surface area contributed by atoms with Crippen molar-refractivity contribution in [3.05, 3.63) is 50.7 Å². The summed E-state index contributed by atoms with van der Waals surface area (Å²) in [5, 5.41) is 9.78. The quantitative estimate of drug-likeness (QED) is 0.917. The molecular weight excluding hydrogens is 249 g/mol. The molecule has 0 aliphatic carbocycles. The van der Waals surface area contributed by atoms with Crippen LogP contribution < -0.4 is 0 Å². The van der Waals surface area contributed by atoms with Gasteiger partial charge in [-0.1, -0.05) is 23.7 Å². The van der Waals surface area contributed by atoms with Crippen molar-refractivity contribution in [2.75, 3.05) is 0 Å². The molecule has 1 heterocycles. The maximum Gasteiger partial charge on any atom is 0.145 e. The van der Waals surface area contributed by atoms with Crippen LogP contribution in [0.25, 0.3) is 0 Å². The highest BCUT2D eigenvalue weighted by atomic mass is 35.5. The largest absolute Gasteiger partial charge is 0.391 e. The van der Waals surface area contributed by atoms with Crippen molar-refractivity contribution in [3.8, 4) is 0 Å². The number of benzene rings is 1. The van der Waals surface area contributed by atoms with Gasteiger partial charge in [0.2, 0.25) is 0 Å². The Morgan fingerprint density at radius 1 is 1.44 bits per heavy atom. The van der Waals surface area contributed by atoms with E-state index < -0.39 is 5.82 Å². The molecule has 16 heavy (non-hydrogen) atoms. The molecule has 2 nitrogen and oxygen atoms in total. The standard InChI is InChI=1S/C11H9ClFNOS/c12-9-3-1-2-7(11(9)13)4-10-14-5-8(6-15)16-10/h1-3,5,15H,4,6H2. The zero-order chi connectivity index (χ0) is 11.5. The van der Waals surface area contributed by atoms with Crippen molar-refractivity contribution in [1.29, 1.82) is 0 Å². The second-order valence-corrected chi connectivity index (χ2v) is 4.88. The molecule has 0 unspecified atom stereocenters. The van der Waals surface area contributed by atoms with Crippen molar-refractivity contribution < 1.29 is 9.50 Å². The first-order valence-corrected chi connectivity index (χ1v) is 5.87. The number of nitrogens with zero attached hydrogens (tertiary/aromatic N) is 1. The van der Waals surface area contributed by atoms with E-state index >= 15 is 0 Å². The van der Waals surface area contributed by atoms with Gasteiger partial charge in [0.25, 0.3) is 0 Å². The summed E-state index contributed by atoms with van der Waals surface area (Å²) in [7, 11) is 0. The van der Waals surface area contributed by atoms with Crippen molar-refractivity contribution in [2.24, 2.45) is 0 Å². The molecule has 0 saturated heterocycles. The van der Waals surface area contributed by atoms with E-state index in [0.29, 0.717) is 12.0 Å². The molecule has 2 rings (SSSR count). The van der Waals surface area contributed by atoms with E-state index in [0.717, 1.165) is 9.88 Å². The fraction of sp³-hybridized carbons (Fsp3) is 0.182. The Morgan fingerprint density at radius 2 is 2.25 bits per heavy atom. The summed E-state index contributed by atoms with van der Waals surface area (Å²) in [5.74, 6) is -0.398. The summed E-state index contributed by atoms with van der Waals surface area (Å²) >= 11 is 7.05. The van der Waals surface area contributed by atoms with Crippen LogP contribution in [0.1, 0.15) is 15.4 Å². The highest BCUT2D eigenvalue weighted by molar-refractivity contribution is 7.11. The van der Waals surface area contributed by atoms with Crippen LogP contribution in [0.15, 0.2) is 24.4 Å². The first-order chi connectivity index (χ1) is 7.70. The van der Waals surface area contributed by atoms with Gasteiger partial charge in [-0.2, -0.15) is 0 Å². The third-order valence-corrected chi connectivity index (χ3v) is 3.40. The number of hydrogen-bond acceptors (Lipinski definition) is 3. The minimum Gasteiger partial charge on any atom is -0.391 e. The van der Waals surface area contributed by atoms with Gasteiger partial charge in [-0.3, -0.25) is 0 Å². The molecule has 84 valence electrons. The zero-order valence-corrected chi connectivity index (χ0v) is 9.85. The van der Waals surface area contributed by atoms with Crippen LogP contribution in [-0.4, -0.2) is 10.1 Å². The molecule has 5 heteroatoms. The lowest BCUT2D eigenvalue weighted by Gasteiger charge is -2.01. The lowest BCUT2D eigenvalue weighted by molar-refractivity contribution is 0.285. The Bertz CT molecular complexity index is 500. The predicted octanol–water partition coefficient (Wildman–Crippen LogP) is 3.02. The molecule has 0 spiro atoms. The van der Waals surface area contributed by atoms with E-state index in [2.05, 4.69) is 4.98 Å². The zero-order valence-electron chi connectivity index (χ0n) is 8.28. The lowest BCUT2D eigenvalue weighted by atomic mass is 10.1. The normalized spacial score (nSPS) is 10.7. The molecule has 0 atom stereocenters. The molecule has 1 aromatic carbocycles. The molecule has 2 aromatic rings. The predicted molar refractivity (Wildman–Crippen MR) is 62.3 cm³/mol. The fourth-order valence-electron chi connectivity index (χ4n) is 1.35. The average molecular weight is 258 g/mol. The molecule has 0 bridgehead atoms. The van der Waals surface area contributed by atoms with E-state index in [1.807, 2.05) is 0 Å². The van der Waals surface area contributed by atoms with Crippen molar-refractivity contribution in [2.45, 2.75) is 13.0 Å². The Balaban J connectivity index is 2.23. The Hall–Kier alpha value is -0.970. The molecule has 0 aliphatic heterocycles. The average Bonchev–Trinajstić information content (AvgIpc) is 2.73. The van der Waals surface area contributed by atoms with E-state index in [1.165, 1.54) is 17.4 Å². The van der Waals surface area contributed by atoms with Gasteiger partial charge in [0.1, 0.15) is 5.82 Å². The topological polar surface area (TPSA) is 33.1 Å². The summed E-state index contributed by atoms with van der Waals surface area (Å²) in [6, 6.07) is 4.91. The van der Waals surface area contributed by atoms with Gasteiger partial charge in [0.05, 0.1) is 21.5 Å². The van der Waals surface area contributed by atoms with Gasteiger partial charge < -0.3 is 5.11 Å². The van der Waals surface area contributed by atoms with Crippen molar-refractivity contribution in [1.82, 2.24) is 4.98 Å². The molecule has 0 saturated carbocycles.